The van der Waals surface area contributed by atoms with Gasteiger partial charge in [0.15, 0.2) is 11.5 Å². The standard InChI is InChI=1S/C13H9BrClN3O/c14-11-2-1-7-18-12(16-17-13(11)18)8-19-10-5-3-9(15)4-6-10/h1-7H,8H2. The number of nitrogens with zero attached hydrogens (tertiary/aromatic N) is 3. The summed E-state index contributed by atoms with van der Waals surface area (Å²) in [6, 6.07) is 11.1. The predicted molar refractivity (Wildman–Crippen MR) is 76.5 cm³/mol. The number of pyridine rings is 1. The highest BCUT2D eigenvalue weighted by Crippen LogP contribution is 2.19. The molecule has 3 rings (SSSR count). The lowest BCUT2D eigenvalue weighted by Crippen LogP contribution is -2.01. The van der Waals surface area contributed by atoms with E-state index in [1.54, 1.807) is 12.1 Å². The van der Waals surface area contributed by atoms with Gasteiger partial charge in [-0.15, -0.1) is 10.2 Å². The van der Waals surface area contributed by atoms with Gasteiger partial charge in [0, 0.05) is 11.2 Å². The zero-order chi connectivity index (χ0) is 13.2. The third-order valence-corrected chi connectivity index (χ3v) is 3.51. The highest BCUT2D eigenvalue weighted by atomic mass is 79.9. The zero-order valence-corrected chi connectivity index (χ0v) is 12.1. The molecule has 0 saturated carbocycles. The number of ether oxygens (including phenoxy) is 1. The van der Waals surface area contributed by atoms with E-state index < -0.39 is 0 Å². The van der Waals surface area contributed by atoms with Crippen LogP contribution in [-0.4, -0.2) is 14.6 Å². The summed E-state index contributed by atoms with van der Waals surface area (Å²) in [4.78, 5) is 0. The molecule has 0 spiro atoms. The van der Waals surface area contributed by atoms with Gasteiger partial charge in [-0.2, -0.15) is 0 Å². The molecule has 0 amide bonds. The number of benzene rings is 1. The summed E-state index contributed by atoms with van der Waals surface area (Å²) in [5.41, 5.74) is 0.775. The van der Waals surface area contributed by atoms with Gasteiger partial charge in [-0.3, -0.25) is 4.40 Å². The molecule has 0 atom stereocenters. The molecule has 0 saturated heterocycles. The second kappa shape index (κ2) is 5.19. The van der Waals surface area contributed by atoms with Crippen LogP contribution in [0.5, 0.6) is 5.75 Å². The molecular formula is C13H9BrClN3O. The van der Waals surface area contributed by atoms with E-state index in [0.29, 0.717) is 11.6 Å². The largest absolute Gasteiger partial charge is 0.486 e. The third kappa shape index (κ3) is 2.57. The van der Waals surface area contributed by atoms with Crippen LogP contribution in [0.2, 0.25) is 5.02 Å². The van der Waals surface area contributed by atoms with Crippen LogP contribution in [0.1, 0.15) is 5.82 Å². The van der Waals surface area contributed by atoms with Crippen molar-refractivity contribution < 1.29 is 4.74 Å². The fourth-order valence-electron chi connectivity index (χ4n) is 1.71. The molecule has 0 radical (unpaired) electrons. The molecule has 1 aromatic carbocycles. The van der Waals surface area contributed by atoms with E-state index in [-0.39, 0.29) is 0 Å². The van der Waals surface area contributed by atoms with E-state index in [1.807, 2.05) is 34.9 Å². The lowest BCUT2D eigenvalue weighted by molar-refractivity contribution is 0.294. The van der Waals surface area contributed by atoms with Gasteiger partial charge in [-0.05, 0) is 52.3 Å². The Morgan fingerprint density at radius 3 is 2.74 bits per heavy atom. The first-order valence-electron chi connectivity index (χ1n) is 5.60. The topological polar surface area (TPSA) is 39.4 Å². The molecule has 0 unspecified atom stereocenters. The van der Waals surface area contributed by atoms with Crippen molar-refractivity contribution in [2.75, 3.05) is 0 Å². The maximum atomic E-state index is 5.82. The molecule has 2 aromatic heterocycles. The lowest BCUT2D eigenvalue weighted by Gasteiger charge is -2.05. The number of rotatable bonds is 3. The smallest absolute Gasteiger partial charge is 0.175 e. The third-order valence-electron chi connectivity index (χ3n) is 2.64. The summed E-state index contributed by atoms with van der Waals surface area (Å²) in [6.07, 6.45) is 1.90. The van der Waals surface area contributed by atoms with Crippen LogP contribution < -0.4 is 4.74 Å². The second-order valence-corrected chi connectivity index (χ2v) is 5.20. The SMILES string of the molecule is Clc1ccc(OCc2nnc3c(Br)cccn23)cc1. The number of hydrogen-bond donors (Lipinski definition) is 0. The number of hydrogen-bond acceptors (Lipinski definition) is 3. The minimum atomic E-state index is 0.346. The average molecular weight is 339 g/mol. The Balaban J connectivity index is 1.82. The first-order valence-corrected chi connectivity index (χ1v) is 6.77. The van der Waals surface area contributed by atoms with Gasteiger partial charge in [0.2, 0.25) is 0 Å². The molecule has 2 heterocycles. The summed E-state index contributed by atoms with van der Waals surface area (Å²) >= 11 is 9.26. The monoisotopic (exact) mass is 337 g/mol. The van der Waals surface area contributed by atoms with Crippen LogP contribution in [0.25, 0.3) is 5.65 Å². The van der Waals surface area contributed by atoms with Gasteiger partial charge in [-0.1, -0.05) is 11.6 Å². The molecule has 4 nitrogen and oxygen atoms in total. The number of aromatic nitrogens is 3. The molecule has 0 bridgehead atoms. The molecule has 96 valence electrons. The van der Waals surface area contributed by atoms with Crippen molar-refractivity contribution in [1.29, 1.82) is 0 Å². The summed E-state index contributed by atoms with van der Waals surface area (Å²) in [7, 11) is 0. The molecule has 0 N–H and O–H groups in total. The van der Waals surface area contributed by atoms with E-state index in [1.165, 1.54) is 0 Å². The Bertz CT molecular complexity index is 711. The summed E-state index contributed by atoms with van der Waals surface area (Å²) in [5, 5.41) is 8.91. The van der Waals surface area contributed by atoms with Crippen molar-refractivity contribution >= 4 is 33.2 Å². The maximum absolute atomic E-state index is 5.82. The van der Waals surface area contributed by atoms with Gasteiger partial charge in [0.05, 0.1) is 4.47 Å². The van der Waals surface area contributed by atoms with E-state index in [0.717, 1.165) is 21.7 Å². The van der Waals surface area contributed by atoms with Crippen LogP contribution >= 0.6 is 27.5 Å². The number of halogens is 2. The molecule has 0 aliphatic heterocycles. The van der Waals surface area contributed by atoms with Crippen molar-refractivity contribution in [3.63, 3.8) is 0 Å². The Labute approximate surface area is 123 Å². The zero-order valence-electron chi connectivity index (χ0n) is 9.75. The molecule has 0 aliphatic rings. The van der Waals surface area contributed by atoms with Crippen LogP contribution in [0.4, 0.5) is 0 Å². The van der Waals surface area contributed by atoms with Crippen LogP contribution in [-0.2, 0) is 6.61 Å². The molecular weight excluding hydrogens is 330 g/mol. The van der Waals surface area contributed by atoms with Gasteiger partial charge in [0.1, 0.15) is 12.4 Å². The molecule has 19 heavy (non-hydrogen) atoms. The minimum absolute atomic E-state index is 0.346. The van der Waals surface area contributed by atoms with E-state index in [4.69, 9.17) is 16.3 Å². The van der Waals surface area contributed by atoms with Gasteiger partial charge in [0.25, 0.3) is 0 Å². The minimum Gasteiger partial charge on any atom is -0.486 e. The summed E-state index contributed by atoms with van der Waals surface area (Å²) in [5.74, 6) is 1.49. The quantitative estimate of drug-likeness (QED) is 0.730. The molecule has 6 heteroatoms. The highest BCUT2D eigenvalue weighted by Gasteiger charge is 2.08. The Hall–Kier alpha value is -1.59. The molecule has 0 fully saturated rings. The van der Waals surface area contributed by atoms with Crippen LogP contribution in [0.3, 0.4) is 0 Å². The highest BCUT2D eigenvalue weighted by molar-refractivity contribution is 9.10. The Kier molecular flexibility index (Phi) is 3.40. The lowest BCUT2D eigenvalue weighted by atomic mass is 10.3. The first-order chi connectivity index (χ1) is 9.24. The van der Waals surface area contributed by atoms with Crippen molar-refractivity contribution in [3.8, 4) is 5.75 Å². The van der Waals surface area contributed by atoms with E-state index >= 15 is 0 Å². The fraction of sp³-hybridized carbons (Fsp3) is 0.0769. The summed E-state index contributed by atoms with van der Waals surface area (Å²) < 4.78 is 8.45. The number of fused-ring (bicyclic) bond motifs is 1. The Morgan fingerprint density at radius 2 is 1.95 bits per heavy atom. The van der Waals surface area contributed by atoms with Crippen LogP contribution in [0.15, 0.2) is 47.1 Å². The summed E-state index contributed by atoms with van der Waals surface area (Å²) in [6.45, 7) is 0.346. The van der Waals surface area contributed by atoms with Crippen molar-refractivity contribution in [2.45, 2.75) is 6.61 Å². The van der Waals surface area contributed by atoms with Crippen LogP contribution in [0, 0.1) is 0 Å². The van der Waals surface area contributed by atoms with Crippen molar-refractivity contribution in [3.05, 3.63) is 57.9 Å². The Morgan fingerprint density at radius 1 is 1.16 bits per heavy atom. The maximum Gasteiger partial charge on any atom is 0.175 e. The van der Waals surface area contributed by atoms with Gasteiger partial charge >= 0.3 is 0 Å². The van der Waals surface area contributed by atoms with Crippen molar-refractivity contribution in [2.24, 2.45) is 0 Å². The van der Waals surface area contributed by atoms with Crippen molar-refractivity contribution in [1.82, 2.24) is 14.6 Å². The predicted octanol–water partition coefficient (Wildman–Crippen LogP) is 3.72. The average Bonchev–Trinajstić information content (AvgIpc) is 2.83. The molecule has 0 aliphatic carbocycles. The fourth-order valence-corrected chi connectivity index (χ4v) is 2.26. The molecule has 3 aromatic rings. The second-order valence-electron chi connectivity index (χ2n) is 3.91. The first kappa shape index (κ1) is 12.4. The van der Waals surface area contributed by atoms with Gasteiger partial charge in [-0.25, -0.2) is 0 Å². The van der Waals surface area contributed by atoms with E-state index in [2.05, 4.69) is 26.1 Å². The van der Waals surface area contributed by atoms with Gasteiger partial charge < -0.3 is 4.74 Å². The normalized spacial score (nSPS) is 10.8. The van der Waals surface area contributed by atoms with E-state index in [9.17, 15) is 0 Å².